The summed E-state index contributed by atoms with van der Waals surface area (Å²) in [7, 11) is 2.23. The van der Waals surface area contributed by atoms with E-state index in [1.807, 2.05) is 11.3 Å². The Hall–Kier alpha value is -0.380. The highest BCUT2D eigenvalue weighted by Gasteiger charge is 2.18. The van der Waals surface area contributed by atoms with Gasteiger partial charge in [-0.2, -0.15) is 0 Å². The van der Waals surface area contributed by atoms with Crippen molar-refractivity contribution in [1.82, 2.24) is 10.2 Å². The van der Waals surface area contributed by atoms with Crippen LogP contribution in [0.4, 0.5) is 0 Å². The van der Waals surface area contributed by atoms with Crippen molar-refractivity contribution in [3.63, 3.8) is 0 Å². The lowest BCUT2D eigenvalue weighted by molar-refractivity contribution is 0.191. The molecule has 1 aromatic heterocycles. The predicted molar refractivity (Wildman–Crippen MR) is 82.3 cm³/mol. The summed E-state index contributed by atoms with van der Waals surface area (Å²) >= 11 is 1.85. The summed E-state index contributed by atoms with van der Waals surface area (Å²) in [5.74, 6) is 0. The van der Waals surface area contributed by atoms with Gasteiger partial charge in [0.15, 0.2) is 0 Å². The van der Waals surface area contributed by atoms with E-state index in [1.54, 1.807) is 0 Å². The van der Waals surface area contributed by atoms with E-state index in [0.717, 1.165) is 6.54 Å². The summed E-state index contributed by atoms with van der Waals surface area (Å²) in [6, 6.07) is 6.09. The normalized spacial score (nSPS) is 15.3. The second-order valence-corrected chi connectivity index (χ2v) is 6.11. The van der Waals surface area contributed by atoms with Gasteiger partial charge in [0, 0.05) is 29.5 Å². The number of rotatable bonds is 8. The lowest BCUT2D eigenvalue weighted by Crippen LogP contribution is -2.42. The van der Waals surface area contributed by atoms with Crippen molar-refractivity contribution in [2.75, 3.05) is 13.6 Å². The van der Waals surface area contributed by atoms with Crippen molar-refractivity contribution in [3.8, 4) is 0 Å². The summed E-state index contributed by atoms with van der Waals surface area (Å²) in [4.78, 5) is 3.91. The van der Waals surface area contributed by atoms with E-state index in [-0.39, 0.29) is 0 Å². The van der Waals surface area contributed by atoms with Crippen molar-refractivity contribution in [1.29, 1.82) is 0 Å². The molecule has 0 aliphatic heterocycles. The van der Waals surface area contributed by atoms with Crippen LogP contribution in [0.15, 0.2) is 17.5 Å². The molecular weight excluding hydrogens is 240 g/mol. The standard InChI is InChI=1S/C15H28N2S/c1-6-14(7-2)16-11-12(3)17(5)13(4)15-9-8-10-18-15/h8-10,12-14,16H,6-7,11H2,1-5H3. The van der Waals surface area contributed by atoms with Crippen LogP contribution in [-0.2, 0) is 0 Å². The molecule has 1 N–H and O–H groups in total. The van der Waals surface area contributed by atoms with Gasteiger partial charge in [-0.15, -0.1) is 11.3 Å². The third-order valence-electron chi connectivity index (χ3n) is 3.95. The zero-order valence-corrected chi connectivity index (χ0v) is 13.3. The van der Waals surface area contributed by atoms with Gasteiger partial charge in [0.05, 0.1) is 0 Å². The predicted octanol–water partition coefficient (Wildman–Crippen LogP) is 3.91. The molecular formula is C15H28N2S. The molecule has 0 saturated carbocycles. The number of thiophene rings is 1. The maximum Gasteiger partial charge on any atom is 0.0413 e. The fraction of sp³-hybridized carbons (Fsp3) is 0.733. The Morgan fingerprint density at radius 1 is 1.28 bits per heavy atom. The number of nitrogens with zero attached hydrogens (tertiary/aromatic N) is 1. The van der Waals surface area contributed by atoms with Crippen LogP contribution in [0.2, 0.25) is 0 Å². The smallest absolute Gasteiger partial charge is 0.0413 e. The minimum atomic E-state index is 0.503. The van der Waals surface area contributed by atoms with Crippen LogP contribution >= 0.6 is 11.3 Å². The van der Waals surface area contributed by atoms with Crippen LogP contribution in [-0.4, -0.2) is 30.6 Å². The van der Waals surface area contributed by atoms with Crippen LogP contribution in [0.3, 0.4) is 0 Å². The van der Waals surface area contributed by atoms with Crippen LogP contribution in [0.5, 0.6) is 0 Å². The first kappa shape index (κ1) is 15.7. The summed E-state index contributed by atoms with van der Waals surface area (Å²) in [6.07, 6.45) is 2.43. The first-order valence-corrected chi connectivity index (χ1v) is 7.96. The van der Waals surface area contributed by atoms with Crippen molar-refractivity contribution in [2.24, 2.45) is 0 Å². The van der Waals surface area contributed by atoms with Crippen LogP contribution in [0.25, 0.3) is 0 Å². The molecule has 3 heteroatoms. The van der Waals surface area contributed by atoms with Gasteiger partial charge in [-0.3, -0.25) is 4.90 Å². The van der Waals surface area contributed by atoms with E-state index in [0.29, 0.717) is 18.1 Å². The number of nitrogens with one attached hydrogen (secondary N) is 1. The molecule has 2 unspecified atom stereocenters. The highest BCUT2D eigenvalue weighted by Crippen LogP contribution is 2.24. The van der Waals surface area contributed by atoms with E-state index in [4.69, 9.17) is 0 Å². The third kappa shape index (κ3) is 4.38. The molecule has 0 bridgehead atoms. The fourth-order valence-electron chi connectivity index (χ4n) is 2.17. The van der Waals surface area contributed by atoms with Gasteiger partial charge < -0.3 is 5.32 Å². The second kappa shape index (κ2) is 7.93. The molecule has 0 aliphatic rings. The quantitative estimate of drug-likeness (QED) is 0.769. The molecule has 0 aliphatic carbocycles. The van der Waals surface area contributed by atoms with E-state index in [9.17, 15) is 0 Å². The van der Waals surface area contributed by atoms with Crippen molar-refractivity contribution >= 4 is 11.3 Å². The summed E-state index contributed by atoms with van der Waals surface area (Å²) in [5, 5.41) is 5.82. The fourth-order valence-corrected chi connectivity index (χ4v) is 3.00. The first-order chi connectivity index (χ1) is 8.60. The highest BCUT2D eigenvalue weighted by atomic mass is 32.1. The maximum atomic E-state index is 3.66. The molecule has 0 radical (unpaired) electrons. The monoisotopic (exact) mass is 268 g/mol. The van der Waals surface area contributed by atoms with Gasteiger partial charge in [0.25, 0.3) is 0 Å². The largest absolute Gasteiger partial charge is 0.312 e. The molecule has 0 amide bonds. The molecule has 0 saturated heterocycles. The van der Waals surface area contributed by atoms with Gasteiger partial charge in [0.1, 0.15) is 0 Å². The van der Waals surface area contributed by atoms with Crippen LogP contribution in [0, 0.1) is 0 Å². The van der Waals surface area contributed by atoms with Crippen molar-refractivity contribution in [3.05, 3.63) is 22.4 Å². The average Bonchev–Trinajstić information content (AvgIpc) is 2.91. The van der Waals surface area contributed by atoms with Crippen LogP contribution in [0.1, 0.15) is 51.5 Å². The molecule has 2 nitrogen and oxygen atoms in total. The Morgan fingerprint density at radius 3 is 2.44 bits per heavy atom. The zero-order chi connectivity index (χ0) is 13.5. The van der Waals surface area contributed by atoms with Crippen molar-refractivity contribution in [2.45, 2.75) is 58.7 Å². The maximum absolute atomic E-state index is 3.66. The minimum absolute atomic E-state index is 0.503. The Morgan fingerprint density at radius 2 is 1.94 bits per heavy atom. The Kier molecular flexibility index (Phi) is 6.90. The van der Waals surface area contributed by atoms with Gasteiger partial charge in [-0.25, -0.2) is 0 Å². The molecule has 0 aromatic carbocycles. The number of hydrogen-bond acceptors (Lipinski definition) is 3. The lowest BCUT2D eigenvalue weighted by Gasteiger charge is -2.31. The third-order valence-corrected chi connectivity index (χ3v) is 4.99. The van der Waals surface area contributed by atoms with E-state index in [1.165, 1.54) is 17.7 Å². The summed E-state index contributed by atoms with van der Waals surface area (Å²) in [6.45, 7) is 10.2. The molecule has 2 atom stereocenters. The first-order valence-electron chi connectivity index (χ1n) is 7.08. The topological polar surface area (TPSA) is 15.3 Å². The average molecular weight is 268 g/mol. The van der Waals surface area contributed by atoms with E-state index in [2.05, 4.69) is 62.5 Å². The van der Waals surface area contributed by atoms with Gasteiger partial charge in [-0.05, 0) is 45.2 Å². The highest BCUT2D eigenvalue weighted by molar-refractivity contribution is 7.10. The number of likely N-dealkylation sites (N-methyl/N-ethyl adjacent to an activating group) is 1. The molecule has 0 fully saturated rings. The zero-order valence-electron chi connectivity index (χ0n) is 12.4. The lowest BCUT2D eigenvalue weighted by atomic mass is 10.1. The van der Waals surface area contributed by atoms with Crippen molar-refractivity contribution < 1.29 is 0 Å². The van der Waals surface area contributed by atoms with Gasteiger partial charge in [-0.1, -0.05) is 19.9 Å². The minimum Gasteiger partial charge on any atom is -0.312 e. The Labute approximate surface area is 116 Å². The van der Waals surface area contributed by atoms with Gasteiger partial charge >= 0.3 is 0 Å². The van der Waals surface area contributed by atoms with Crippen LogP contribution < -0.4 is 5.32 Å². The summed E-state index contributed by atoms with van der Waals surface area (Å²) in [5.41, 5.74) is 0. The van der Waals surface area contributed by atoms with E-state index >= 15 is 0 Å². The molecule has 1 aromatic rings. The SMILES string of the molecule is CCC(CC)NCC(C)N(C)C(C)c1cccs1. The Bertz CT molecular complexity index is 306. The number of hydrogen-bond donors (Lipinski definition) is 1. The van der Waals surface area contributed by atoms with Gasteiger partial charge in [0.2, 0.25) is 0 Å². The molecule has 18 heavy (non-hydrogen) atoms. The molecule has 104 valence electrons. The summed E-state index contributed by atoms with van der Waals surface area (Å²) < 4.78 is 0. The molecule has 0 spiro atoms. The molecule has 1 rings (SSSR count). The van der Waals surface area contributed by atoms with E-state index < -0.39 is 0 Å². The second-order valence-electron chi connectivity index (χ2n) is 5.13. The molecule has 1 heterocycles. The Balaban J connectivity index is 2.43.